The monoisotopic (exact) mass is 363 g/mol. The van der Waals surface area contributed by atoms with Crippen LogP contribution in [0.3, 0.4) is 0 Å². The van der Waals surface area contributed by atoms with E-state index >= 15 is 0 Å². The number of para-hydroxylation sites is 1. The number of ketones is 2. The molecule has 4 rings (SSSR count). The Kier molecular flexibility index (Phi) is 3.96. The number of aromatic hydroxyl groups is 1. The highest BCUT2D eigenvalue weighted by atomic mass is 16.5. The fourth-order valence-corrected chi connectivity index (χ4v) is 3.51. The lowest BCUT2D eigenvalue weighted by molar-refractivity contribution is -0.119. The average molecular weight is 363 g/mol. The number of benzene rings is 2. The quantitative estimate of drug-likeness (QED) is 0.694. The van der Waals surface area contributed by atoms with Gasteiger partial charge in [0.05, 0.1) is 20.6 Å². The van der Waals surface area contributed by atoms with E-state index in [2.05, 4.69) is 4.98 Å². The van der Waals surface area contributed by atoms with Gasteiger partial charge in [0.15, 0.2) is 23.1 Å². The largest absolute Gasteiger partial charge is 0.502 e. The summed E-state index contributed by atoms with van der Waals surface area (Å²) in [6.07, 6.45) is 1.56. The molecule has 0 saturated heterocycles. The van der Waals surface area contributed by atoms with E-state index in [4.69, 9.17) is 9.47 Å². The normalized spacial score (nSPS) is 14.3. The van der Waals surface area contributed by atoms with Crippen LogP contribution < -0.4 is 9.47 Å². The number of Topliss-reactive ketones (excluding diaryl/α,β-unsaturated/α-hetero) is 2. The Balaban J connectivity index is 2.01. The number of rotatable bonds is 4. The number of H-pyrrole nitrogens is 1. The lowest BCUT2D eigenvalue weighted by Crippen LogP contribution is -1.98. The Labute approximate surface area is 155 Å². The summed E-state index contributed by atoms with van der Waals surface area (Å²) in [7, 11) is 2.82. The van der Waals surface area contributed by atoms with Crippen molar-refractivity contribution in [2.75, 3.05) is 14.2 Å². The third kappa shape index (κ3) is 2.57. The number of phenolic OH excluding ortho intramolecular Hbond substituents is 1. The first-order chi connectivity index (χ1) is 13.0. The minimum atomic E-state index is -0.268. The van der Waals surface area contributed by atoms with Crippen LogP contribution in [0.5, 0.6) is 17.2 Å². The maximum atomic E-state index is 12.7. The molecule has 0 spiro atoms. The molecule has 6 heteroatoms. The molecule has 0 saturated carbocycles. The van der Waals surface area contributed by atoms with Gasteiger partial charge in [-0.1, -0.05) is 18.2 Å². The highest BCUT2D eigenvalue weighted by Crippen LogP contribution is 2.43. The summed E-state index contributed by atoms with van der Waals surface area (Å²) < 4.78 is 10.4. The van der Waals surface area contributed by atoms with E-state index in [0.29, 0.717) is 22.3 Å². The molecule has 136 valence electrons. The molecule has 2 aromatic carbocycles. The van der Waals surface area contributed by atoms with Crippen molar-refractivity contribution in [1.82, 2.24) is 4.98 Å². The smallest absolute Gasteiger partial charge is 0.200 e. The Bertz CT molecular complexity index is 1100. The summed E-state index contributed by atoms with van der Waals surface area (Å²) >= 11 is 0. The molecule has 2 N–H and O–H groups in total. The van der Waals surface area contributed by atoms with Gasteiger partial charge in [-0.3, -0.25) is 9.59 Å². The molecule has 0 bridgehead atoms. The number of carbonyl (C=O) groups is 2. The second-order valence-corrected chi connectivity index (χ2v) is 6.25. The molecule has 0 atom stereocenters. The molecule has 0 aliphatic heterocycles. The highest BCUT2D eigenvalue weighted by molar-refractivity contribution is 6.51. The van der Waals surface area contributed by atoms with Crippen LogP contribution in [0.4, 0.5) is 0 Å². The predicted molar refractivity (Wildman–Crippen MR) is 101 cm³/mol. The first-order valence-corrected chi connectivity index (χ1v) is 8.37. The standard InChI is InChI=1S/C21H17NO5/c1-26-17-7-11(8-18(27-2)21(17)25)19-15(23)9-16(24)20(19)13-10-22-14-6-4-3-5-12(13)14/h3-8,10,22,25H,9H2,1-2H3. The summed E-state index contributed by atoms with van der Waals surface area (Å²) in [6, 6.07) is 10.7. The number of nitrogens with one attached hydrogen (secondary N) is 1. The van der Waals surface area contributed by atoms with E-state index in [1.807, 2.05) is 24.3 Å². The molecule has 6 nitrogen and oxygen atoms in total. The van der Waals surface area contributed by atoms with Crippen LogP contribution in [-0.2, 0) is 9.59 Å². The molecule has 0 amide bonds. The number of phenols is 1. The minimum Gasteiger partial charge on any atom is -0.502 e. The summed E-state index contributed by atoms with van der Waals surface area (Å²) in [5.74, 6) is -0.319. The molecule has 1 heterocycles. The second kappa shape index (κ2) is 6.32. The lowest BCUT2D eigenvalue weighted by atomic mass is 9.95. The van der Waals surface area contributed by atoms with E-state index in [-0.39, 0.29) is 35.2 Å². The zero-order chi connectivity index (χ0) is 19.1. The third-order valence-electron chi connectivity index (χ3n) is 4.76. The Morgan fingerprint density at radius 1 is 0.963 bits per heavy atom. The van der Waals surface area contributed by atoms with Gasteiger partial charge in [0, 0.05) is 33.8 Å². The topological polar surface area (TPSA) is 88.6 Å². The van der Waals surface area contributed by atoms with Crippen LogP contribution in [0.2, 0.25) is 0 Å². The van der Waals surface area contributed by atoms with E-state index in [0.717, 1.165) is 10.9 Å². The van der Waals surface area contributed by atoms with E-state index < -0.39 is 0 Å². The first-order valence-electron chi connectivity index (χ1n) is 8.37. The molecule has 1 aromatic heterocycles. The number of allylic oxidation sites excluding steroid dienone is 2. The van der Waals surface area contributed by atoms with Gasteiger partial charge >= 0.3 is 0 Å². The molecule has 0 fully saturated rings. The van der Waals surface area contributed by atoms with Crippen molar-refractivity contribution < 1.29 is 24.2 Å². The minimum absolute atomic E-state index is 0.158. The van der Waals surface area contributed by atoms with Gasteiger partial charge in [-0.2, -0.15) is 0 Å². The fraction of sp³-hybridized carbons (Fsp3) is 0.143. The zero-order valence-electron chi connectivity index (χ0n) is 14.8. The van der Waals surface area contributed by atoms with Crippen molar-refractivity contribution in [3.63, 3.8) is 0 Å². The Hall–Kier alpha value is -3.54. The number of hydrogen-bond donors (Lipinski definition) is 2. The van der Waals surface area contributed by atoms with E-state index in [9.17, 15) is 14.7 Å². The molecule has 27 heavy (non-hydrogen) atoms. The number of aromatic amines is 1. The van der Waals surface area contributed by atoms with Crippen molar-refractivity contribution in [2.45, 2.75) is 6.42 Å². The fourth-order valence-electron chi connectivity index (χ4n) is 3.51. The lowest BCUT2D eigenvalue weighted by Gasteiger charge is -2.12. The maximum Gasteiger partial charge on any atom is 0.200 e. The van der Waals surface area contributed by atoms with Crippen molar-refractivity contribution in [3.05, 3.63) is 53.7 Å². The SMILES string of the molecule is COc1cc(C2=C(c3c[nH]c4ccccc34)C(=O)CC2=O)cc(OC)c1O. The van der Waals surface area contributed by atoms with Crippen LogP contribution in [0.15, 0.2) is 42.6 Å². The Morgan fingerprint density at radius 2 is 1.59 bits per heavy atom. The van der Waals surface area contributed by atoms with Gasteiger partial charge in [0.2, 0.25) is 5.75 Å². The van der Waals surface area contributed by atoms with E-state index in [1.165, 1.54) is 14.2 Å². The number of carbonyl (C=O) groups excluding carboxylic acids is 2. The van der Waals surface area contributed by atoms with Crippen LogP contribution in [0.25, 0.3) is 22.0 Å². The molecular formula is C21H17NO5. The molecule has 1 aliphatic carbocycles. The molecule has 0 unspecified atom stereocenters. The number of aromatic nitrogens is 1. The average Bonchev–Trinajstić information content (AvgIpc) is 3.22. The first kappa shape index (κ1) is 16.9. The van der Waals surface area contributed by atoms with Gasteiger partial charge in [-0.05, 0) is 23.8 Å². The van der Waals surface area contributed by atoms with Crippen LogP contribution in [0.1, 0.15) is 17.5 Å². The number of hydrogen-bond acceptors (Lipinski definition) is 5. The molecule has 1 aliphatic rings. The van der Waals surface area contributed by atoms with Crippen molar-refractivity contribution in [1.29, 1.82) is 0 Å². The summed E-state index contributed by atoms with van der Waals surface area (Å²) in [5.41, 5.74) is 2.71. The van der Waals surface area contributed by atoms with Crippen LogP contribution in [-0.4, -0.2) is 35.9 Å². The van der Waals surface area contributed by atoms with Gasteiger partial charge < -0.3 is 19.6 Å². The number of ether oxygens (including phenoxy) is 2. The zero-order valence-corrected chi connectivity index (χ0v) is 14.8. The van der Waals surface area contributed by atoms with Crippen LogP contribution in [0, 0.1) is 0 Å². The summed E-state index contributed by atoms with van der Waals surface area (Å²) in [6.45, 7) is 0. The summed E-state index contributed by atoms with van der Waals surface area (Å²) in [4.78, 5) is 28.5. The Morgan fingerprint density at radius 3 is 2.26 bits per heavy atom. The number of fused-ring (bicyclic) bond motifs is 1. The number of methoxy groups -OCH3 is 2. The molecule has 0 radical (unpaired) electrons. The van der Waals surface area contributed by atoms with Crippen LogP contribution >= 0.6 is 0 Å². The van der Waals surface area contributed by atoms with Gasteiger partial charge in [0.25, 0.3) is 0 Å². The van der Waals surface area contributed by atoms with Crippen molar-refractivity contribution >= 4 is 33.6 Å². The van der Waals surface area contributed by atoms with Gasteiger partial charge in [-0.15, -0.1) is 0 Å². The maximum absolute atomic E-state index is 12.7. The highest BCUT2D eigenvalue weighted by Gasteiger charge is 2.34. The second-order valence-electron chi connectivity index (χ2n) is 6.25. The molecule has 3 aromatic rings. The third-order valence-corrected chi connectivity index (χ3v) is 4.76. The van der Waals surface area contributed by atoms with Crippen molar-refractivity contribution in [2.24, 2.45) is 0 Å². The van der Waals surface area contributed by atoms with Gasteiger partial charge in [0.1, 0.15) is 0 Å². The predicted octanol–water partition coefficient (Wildman–Crippen LogP) is 3.34. The summed E-state index contributed by atoms with van der Waals surface area (Å²) in [5, 5.41) is 11.0. The van der Waals surface area contributed by atoms with Crippen molar-refractivity contribution in [3.8, 4) is 17.2 Å². The van der Waals surface area contributed by atoms with Gasteiger partial charge in [-0.25, -0.2) is 0 Å². The van der Waals surface area contributed by atoms with E-state index in [1.54, 1.807) is 18.3 Å². The molecular weight excluding hydrogens is 346 g/mol.